The molecule has 3 aromatic heterocycles. The van der Waals surface area contributed by atoms with Crippen LogP contribution < -0.4 is 5.84 Å². The van der Waals surface area contributed by atoms with Crippen molar-refractivity contribution in [2.75, 3.05) is 19.6 Å². The Kier molecular flexibility index (Phi) is 4.30. The summed E-state index contributed by atoms with van der Waals surface area (Å²) in [6.07, 6.45) is 2.69. The highest BCUT2D eigenvalue weighted by atomic mass is 32.2. The zero-order valence-electron chi connectivity index (χ0n) is 12.6. The topological polar surface area (TPSA) is 83.3 Å². The average molecular weight is 318 g/mol. The molecule has 22 heavy (non-hydrogen) atoms. The predicted octanol–water partition coefficient (Wildman–Crippen LogP) is 1.43. The predicted molar refractivity (Wildman–Crippen MR) is 85.2 cm³/mol. The molecule has 0 aliphatic carbocycles. The lowest BCUT2D eigenvalue weighted by Crippen LogP contribution is -2.15. The number of hydrogen-bond acceptors (Lipinski definition) is 6. The van der Waals surface area contributed by atoms with Crippen molar-refractivity contribution in [1.82, 2.24) is 24.3 Å². The van der Waals surface area contributed by atoms with Gasteiger partial charge in [-0.15, -0.1) is 10.2 Å². The second-order valence-electron chi connectivity index (χ2n) is 4.93. The lowest BCUT2D eigenvalue weighted by atomic mass is 10.4. The Balaban J connectivity index is 1.71. The largest absolute Gasteiger partial charge is 0.384 e. The molecule has 8 heteroatoms. The summed E-state index contributed by atoms with van der Waals surface area (Å²) < 4.78 is 8.62. The number of ether oxygens (including phenoxy) is 1. The van der Waals surface area contributed by atoms with E-state index < -0.39 is 0 Å². The third-order valence-electron chi connectivity index (χ3n) is 3.36. The van der Waals surface area contributed by atoms with E-state index in [1.165, 1.54) is 16.4 Å². The van der Waals surface area contributed by atoms with E-state index in [0.717, 1.165) is 22.9 Å². The van der Waals surface area contributed by atoms with E-state index in [4.69, 9.17) is 10.6 Å². The van der Waals surface area contributed by atoms with Crippen LogP contribution in [0.25, 0.3) is 5.65 Å². The maximum absolute atomic E-state index is 6.00. The number of nitrogen functional groups attached to an aromatic ring is 1. The molecule has 3 aromatic rings. The summed E-state index contributed by atoms with van der Waals surface area (Å²) in [7, 11) is 1.65. The van der Waals surface area contributed by atoms with Gasteiger partial charge in [-0.2, -0.15) is 0 Å². The van der Waals surface area contributed by atoms with Gasteiger partial charge in [-0.25, -0.2) is 9.66 Å². The fourth-order valence-corrected chi connectivity index (χ4v) is 2.94. The number of imidazole rings is 1. The van der Waals surface area contributed by atoms with E-state index >= 15 is 0 Å². The maximum atomic E-state index is 6.00. The van der Waals surface area contributed by atoms with Gasteiger partial charge in [-0.05, 0) is 19.1 Å². The van der Waals surface area contributed by atoms with Crippen molar-refractivity contribution in [1.29, 1.82) is 0 Å². The van der Waals surface area contributed by atoms with E-state index in [2.05, 4.69) is 32.6 Å². The van der Waals surface area contributed by atoms with Crippen molar-refractivity contribution in [3.8, 4) is 0 Å². The second kappa shape index (κ2) is 6.37. The molecule has 2 N–H and O–H groups in total. The number of hydrogen-bond donors (Lipinski definition) is 1. The number of nitrogens with two attached hydrogens (primary N) is 1. The molecule has 116 valence electrons. The van der Waals surface area contributed by atoms with Crippen LogP contribution in [-0.2, 0) is 16.9 Å². The Morgan fingerprint density at radius 3 is 2.95 bits per heavy atom. The molecule has 0 fully saturated rings. The number of pyridine rings is 1. The summed E-state index contributed by atoms with van der Waals surface area (Å²) in [5, 5.41) is 8.88. The fourth-order valence-electron chi connectivity index (χ4n) is 2.18. The van der Waals surface area contributed by atoms with Gasteiger partial charge in [-0.3, -0.25) is 0 Å². The van der Waals surface area contributed by atoms with Crippen molar-refractivity contribution in [3.63, 3.8) is 0 Å². The number of nitrogens with zero attached hydrogens (tertiary/aromatic N) is 5. The molecule has 0 spiro atoms. The number of aromatic nitrogens is 5. The lowest BCUT2D eigenvalue weighted by Gasteiger charge is -2.02. The van der Waals surface area contributed by atoms with E-state index in [-0.39, 0.29) is 0 Å². The van der Waals surface area contributed by atoms with Crippen LogP contribution in [-0.4, -0.2) is 38.0 Å². The van der Waals surface area contributed by atoms with Gasteiger partial charge in [0.1, 0.15) is 5.65 Å². The fraction of sp³-hybridized carbons (Fsp3) is 0.357. The highest BCUT2D eigenvalue weighted by Crippen LogP contribution is 2.21. The van der Waals surface area contributed by atoms with Crippen LogP contribution in [0.1, 0.15) is 17.2 Å². The van der Waals surface area contributed by atoms with E-state index in [0.29, 0.717) is 23.9 Å². The number of thioether (sulfide) groups is 1. The molecule has 0 aromatic carbocycles. The van der Waals surface area contributed by atoms with Crippen molar-refractivity contribution in [2.45, 2.75) is 24.3 Å². The van der Waals surface area contributed by atoms with Crippen LogP contribution >= 0.6 is 11.8 Å². The van der Waals surface area contributed by atoms with Crippen molar-refractivity contribution in [3.05, 3.63) is 41.6 Å². The van der Waals surface area contributed by atoms with Crippen LogP contribution in [0.15, 0.2) is 29.6 Å². The zero-order chi connectivity index (χ0) is 15.5. The van der Waals surface area contributed by atoms with Gasteiger partial charge in [0.05, 0.1) is 12.3 Å². The Labute approximate surface area is 132 Å². The number of rotatable bonds is 6. The summed E-state index contributed by atoms with van der Waals surface area (Å²) in [4.78, 5) is 4.60. The van der Waals surface area contributed by atoms with E-state index in [1.807, 2.05) is 18.3 Å². The molecule has 0 amide bonds. The monoisotopic (exact) mass is 318 g/mol. The molecule has 0 saturated heterocycles. The third-order valence-corrected chi connectivity index (χ3v) is 4.34. The zero-order valence-corrected chi connectivity index (χ0v) is 13.4. The first-order valence-electron chi connectivity index (χ1n) is 6.93. The molecular formula is C14H18N6OS. The minimum atomic E-state index is 0.575. The Bertz CT molecular complexity index is 781. The van der Waals surface area contributed by atoms with Gasteiger partial charge < -0.3 is 15.0 Å². The SMILES string of the molecule is COCCc1nnc(SCc2cn3c(C)cccc3n2)n1N. The lowest BCUT2D eigenvalue weighted by molar-refractivity contribution is 0.200. The van der Waals surface area contributed by atoms with Crippen molar-refractivity contribution in [2.24, 2.45) is 0 Å². The summed E-state index contributed by atoms with van der Waals surface area (Å²) in [5.74, 6) is 7.41. The Morgan fingerprint density at radius 1 is 1.32 bits per heavy atom. The highest BCUT2D eigenvalue weighted by molar-refractivity contribution is 7.98. The van der Waals surface area contributed by atoms with Gasteiger partial charge in [0.15, 0.2) is 5.82 Å². The maximum Gasteiger partial charge on any atom is 0.210 e. The first kappa shape index (κ1) is 14.9. The quantitative estimate of drug-likeness (QED) is 0.547. The number of fused-ring (bicyclic) bond motifs is 1. The van der Waals surface area contributed by atoms with Gasteiger partial charge in [0.25, 0.3) is 0 Å². The molecule has 0 bridgehead atoms. The van der Waals surface area contributed by atoms with Crippen LogP contribution in [0.4, 0.5) is 0 Å². The summed E-state index contributed by atoms with van der Waals surface area (Å²) in [5.41, 5.74) is 3.09. The minimum absolute atomic E-state index is 0.575. The molecular weight excluding hydrogens is 300 g/mol. The molecule has 0 atom stereocenters. The van der Waals surface area contributed by atoms with Crippen molar-refractivity contribution >= 4 is 17.4 Å². The van der Waals surface area contributed by atoms with E-state index in [9.17, 15) is 0 Å². The van der Waals surface area contributed by atoms with Gasteiger partial charge in [0, 0.05) is 31.2 Å². The molecule has 7 nitrogen and oxygen atoms in total. The standard InChI is InChI=1S/C14H18N6OS/c1-10-4-3-5-12-16-11(8-19(10)12)9-22-14-18-17-13(20(14)15)6-7-21-2/h3-5,8H,6-7,9,15H2,1-2H3. The molecule has 0 saturated carbocycles. The summed E-state index contributed by atoms with van der Waals surface area (Å²) in [6.45, 7) is 2.63. The molecule has 3 rings (SSSR count). The Morgan fingerprint density at radius 2 is 2.18 bits per heavy atom. The van der Waals surface area contributed by atoms with Crippen LogP contribution in [0.3, 0.4) is 0 Å². The summed E-state index contributed by atoms with van der Waals surface area (Å²) in [6, 6.07) is 6.06. The first-order valence-corrected chi connectivity index (χ1v) is 7.92. The van der Waals surface area contributed by atoms with Crippen LogP contribution in [0.5, 0.6) is 0 Å². The van der Waals surface area contributed by atoms with E-state index in [1.54, 1.807) is 7.11 Å². The second-order valence-corrected chi connectivity index (χ2v) is 5.87. The van der Waals surface area contributed by atoms with Gasteiger partial charge in [0.2, 0.25) is 5.16 Å². The van der Waals surface area contributed by atoms with Crippen LogP contribution in [0.2, 0.25) is 0 Å². The molecule has 0 aliphatic rings. The molecule has 0 radical (unpaired) electrons. The van der Waals surface area contributed by atoms with Gasteiger partial charge in [-0.1, -0.05) is 17.8 Å². The molecule has 0 aliphatic heterocycles. The minimum Gasteiger partial charge on any atom is -0.384 e. The average Bonchev–Trinajstić information content (AvgIpc) is 3.08. The highest BCUT2D eigenvalue weighted by Gasteiger charge is 2.11. The molecule has 0 unspecified atom stereocenters. The van der Waals surface area contributed by atoms with Gasteiger partial charge >= 0.3 is 0 Å². The normalized spacial score (nSPS) is 11.4. The van der Waals surface area contributed by atoms with Crippen molar-refractivity contribution < 1.29 is 4.74 Å². The van der Waals surface area contributed by atoms with Crippen LogP contribution in [0, 0.1) is 6.92 Å². The smallest absolute Gasteiger partial charge is 0.210 e. The first-order chi connectivity index (χ1) is 10.7. The third kappa shape index (κ3) is 2.93. The molecule has 3 heterocycles. The summed E-state index contributed by atoms with van der Waals surface area (Å²) >= 11 is 1.52. The number of methoxy groups -OCH3 is 1. The Hall–Kier alpha value is -2.06. The number of aryl methyl sites for hydroxylation is 1.